The first-order valence-corrected chi connectivity index (χ1v) is 5.14. The number of Topliss-reactive ketones (excluding diaryl/α,β-unsaturated/α-hetero) is 1. The van der Waals surface area contributed by atoms with E-state index in [4.69, 9.17) is 0 Å². The molecule has 0 saturated carbocycles. The third kappa shape index (κ3) is 4.06. The Balaban J connectivity index is 2.71. The van der Waals surface area contributed by atoms with Gasteiger partial charge < -0.3 is 10.6 Å². The van der Waals surface area contributed by atoms with E-state index >= 15 is 0 Å². The van der Waals surface area contributed by atoms with Gasteiger partial charge in [0.25, 0.3) is 5.91 Å². The summed E-state index contributed by atoms with van der Waals surface area (Å²) in [5.74, 6) is -1.11. The summed E-state index contributed by atoms with van der Waals surface area (Å²) >= 11 is 0. The van der Waals surface area contributed by atoms with Crippen molar-refractivity contribution >= 4 is 17.6 Å². The zero-order valence-corrected chi connectivity index (χ0v) is 9.69. The highest BCUT2D eigenvalue weighted by atomic mass is 16.2. The van der Waals surface area contributed by atoms with Crippen LogP contribution in [0.1, 0.15) is 24.2 Å². The molecule has 0 aliphatic heterocycles. The molecule has 90 valence electrons. The molecule has 17 heavy (non-hydrogen) atoms. The number of benzene rings is 1. The van der Waals surface area contributed by atoms with Gasteiger partial charge in [-0.2, -0.15) is 0 Å². The van der Waals surface area contributed by atoms with Crippen molar-refractivity contribution < 1.29 is 14.4 Å². The molecule has 0 aliphatic rings. The van der Waals surface area contributed by atoms with E-state index in [2.05, 4.69) is 10.6 Å². The molecule has 2 amide bonds. The van der Waals surface area contributed by atoms with Crippen molar-refractivity contribution in [2.75, 3.05) is 0 Å². The van der Waals surface area contributed by atoms with Crippen molar-refractivity contribution in [3.63, 3.8) is 0 Å². The van der Waals surface area contributed by atoms with Crippen LogP contribution in [0.5, 0.6) is 0 Å². The van der Waals surface area contributed by atoms with Gasteiger partial charge in [-0.25, -0.2) is 0 Å². The summed E-state index contributed by atoms with van der Waals surface area (Å²) in [6.45, 7) is 2.58. The summed E-state index contributed by atoms with van der Waals surface area (Å²) in [5.41, 5.74) is 0.434. The third-order valence-electron chi connectivity index (χ3n) is 2.07. The Hall–Kier alpha value is -2.17. The Morgan fingerprint density at radius 3 is 2.06 bits per heavy atom. The minimum atomic E-state index is -0.986. The van der Waals surface area contributed by atoms with E-state index in [0.29, 0.717) is 5.56 Å². The van der Waals surface area contributed by atoms with Gasteiger partial charge in [0.05, 0.1) is 0 Å². The van der Waals surface area contributed by atoms with E-state index in [9.17, 15) is 14.4 Å². The van der Waals surface area contributed by atoms with E-state index in [0.717, 1.165) is 0 Å². The number of amides is 2. The Morgan fingerprint density at radius 1 is 1.00 bits per heavy atom. The first-order valence-electron chi connectivity index (χ1n) is 5.14. The van der Waals surface area contributed by atoms with Crippen LogP contribution >= 0.6 is 0 Å². The number of rotatable bonds is 4. The lowest BCUT2D eigenvalue weighted by atomic mass is 10.2. The first-order chi connectivity index (χ1) is 8.00. The van der Waals surface area contributed by atoms with Crippen LogP contribution in [0.2, 0.25) is 0 Å². The van der Waals surface area contributed by atoms with Gasteiger partial charge in [0, 0.05) is 12.5 Å². The molecular weight excluding hydrogens is 220 g/mol. The van der Waals surface area contributed by atoms with E-state index < -0.39 is 12.1 Å². The molecule has 1 rings (SSSR count). The predicted molar refractivity (Wildman–Crippen MR) is 62.2 cm³/mol. The van der Waals surface area contributed by atoms with Crippen molar-refractivity contribution in [2.45, 2.75) is 20.0 Å². The molecule has 0 saturated heterocycles. The molecule has 1 unspecified atom stereocenters. The molecule has 0 heterocycles. The summed E-state index contributed by atoms with van der Waals surface area (Å²) in [6, 6.07) is 8.47. The van der Waals surface area contributed by atoms with Gasteiger partial charge in [-0.15, -0.1) is 0 Å². The molecule has 1 aromatic rings. The maximum Gasteiger partial charge on any atom is 0.253 e. The average Bonchev–Trinajstić information content (AvgIpc) is 2.28. The molecule has 5 heteroatoms. The lowest BCUT2D eigenvalue weighted by molar-refractivity contribution is -0.126. The SMILES string of the molecule is CC(=O)NC(NC(=O)c1ccccc1)C(C)=O. The fraction of sp³-hybridized carbons (Fsp3) is 0.250. The molecule has 0 fully saturated rings. The molecule has 1 atom stereocenters. The maximum atomic E-state index is 11.7. The van der Waals surface area contributed by atoms with Crippen LogP contribution < -0.4 is 10.6 Å². The maximum absolute atomic E-state index is 11.7. The lowest BCUT2D eigenvalue weighted by Crippen LogP contribution is -2.51. The third-order valence-corrected chi connectivity index (χ3v) is 2.07. The monoisotopic (exact) mass is 234 g/mol. The molecule has 0 bridgehead atoms. The van der Waals surface area contributed by atoms with Gasteiger partial charge in [0.2, 0.25) is 5.91 Å². The Labute approximate surface area is 99.2 Å². The van der Waals surface area contributed by atoms with Crippen LogP contribution in [0, 0.1) is 0 Å². The second kappa shape index (κ2) is 5.79. The van der Waals surface area contributed by atoms with Gasteiger partial charge in [-0.05, 0) is 19.1 Å². The van der Waals surface area contributed by atoms with Crippen molar-refractivity contribution in [1.29, 1.82) is 0 Å². The molecule has 1 aromatic carbocycles. The summed E-state index contributed by atoms with van der Waals surface area (Å²) < 4.78 is 0. The standard InChI is InChI=1S/C12H14N2O3/c1-8(15)11(13-9(2)16)14-12(17)10-6-4-3-5-7-10/h3-7,11H,1-2H3,(H,13,16)(H,14,17). The number of hydrogen-bond acceptors (Lipinski definition) is 3. The van der Waals surface area contributed by atoms with Crippen molar-refractivity contribution in [1.82, 2.24) is 10.6 Å². The van der Waals surface area contributed by atoms with Crippen LogP contribution in [0.15, 0.2) is 30.3 Å². The Bertz CT molecular complexity index is 429. The largest absolute Gasteiger partial charge is 0.330 e. The zero-order chi connectivity index (χ0) is 12.8. The fourth-order valence-corrected chi connectivity index (χ4v) is 1.25. The first kappa shape index (κ1) is 12.9. The second-order valence-electron chi connectivity index (χ2n) is 3.58. The van der Waals surface area contributed by atoms with Gasteiger partial charge in [0.15, 0.2) is 11.9 Å². The van der Waals surface area contributed by atoms with E-state index in [-0.39, 0.29) is 11.7 Å². The summed E-state index contributed by atoms with van der Waals surface area (Å²) in [5, 5.41) is 4.80. The normalized spacial score (nSPS) is 11.4. The van der Waals surface area contributed by atoms with Crippen molar-refractivity contribution in [3.8, 4) is 0 Å². The Kier molecular flexibility index (Phi) is 4.39. The predicted octanol–water partition coefficient (Wildman–Crippen LogP) is 0.468. The van der Waals surface area contributed by atoms with Gasteiger partial charge >= 0.3 is 0 Å². The molecule has 0 radical (unpaired) electrons. The van der Waals surface area contributed by atoms with E-state index in [1.165, 1.54) is 13.8 Å². The minimum absolute atomic E-state index is 0.329. The fourth-order valence-electron chi connectivity index (χ4n) is 1.25. The van der Waals surface area contributed by atoms with Crippen LogP contribution in [0.4, 0.5) is 0 Å². The smallest absolute Gasteiger partial charge is 0.253 e. The highest BCUT2D eigenvalue weighted by Gasteiger charge is 2.18. The van der Waals surface area contributed by atoms with Crippen LogP contribution in [0.3, 0.4) is 0 Å². The average molecular weight is 234 g/mol. The number of ketones is 1. The molecule has 2 N–H and O–H groups in total. The molecular formula is C12H14N2O3. The number of carbonyl (C=O) groups excluding carboxylic acids is 3. The van der Waals surface area contributed by atoms with Crippen molar-refractivity contribution in [3.05, 3.63) is 35.9 Å². The van der Waals surface area contributed by atoms with Gasteiger partial charge in [-0.3, -0.25) is 14.4 Å². The molecule has 0 aliphatic carbocycles. The summed E-state index contributed by atoms with van der Waals surface area (Å²) in [4.78, 5) is 33.8. The minimum Gasteiger partial charge on any atom is -0.330 e. The lowest BCUT2D eigenvalue weighted by Gasteiger charge is -2.16. The summed E-state index contributed by atoms with van der Waals surface area (Å²) in [6.07, 6.45) is -0.986. The van der Waals surface area contributed by atoms with Gasteiger partial charge in [-0.1, -0.05) is 18.2 Å². The quantitative estimate of drug-likeness (QED) is 0.743. The second-order valence-corrected chi connectivity index (χ2v) is 3.58. The van der Waals surface area contributed by atoms with Crippen molar-refractivity contribution in [2.24, 2.45) is 0 Å². The Morgan fingerprint density at radius 2 is 1.59 bits per heavy atom. The highest BCUT2D eigenvalue weighted by molar-refractivity contribution is 5.98. The highest BCUT2D eigenvalue weighted by Crippen LogP contribution is 1.98. The number of carbonyl (C=O) groups is 3. The molecule has 5 nitrogen and oxygen atoms in total. The van der Waals surface area contributed by atoms with Gasteiger partial charge in [0.1, 0.15) is 0 Å². The van der Waals surface area contributed by atoms with Crippen LogP contribution in [-0.2, 0) is 9.59 Å². The van der Waals surface area contributed by atoms with Crippen LogP contribution in [0.25, 0.3) is 0 Å². The number of nitrogens with one attached hydrogen (secondary N) is 2. The molecule has 0 aromatic heterocycles. The number of hydrogen-bond donors (Lipinski definition) is 2. The zero-order valence-electron chi connectivity index (χ0n) is 9.69. The van der Waals surface area contributed by atoms with E-state index in [1.54, 1.807) is 30.3 Å². The summed E-state index contributed by atoms with van der Waals surface area (Å²) in [7, 11) is 0. The topological polar surface area (TPSA) is 75.3 Å². The molecule has 0 spiro atoms. The van der Waals surface area contributed by atoms with E-state index in [1.807, 2.05) is 0 Å². The van der Waals surface area contributed by atoms with Crippen LogP contribution in [-0.4, -0.2) is 23.8 Å².